The molecule has 8 nitrogen and oxygen atoms in total. The highest BCUT2D eigenvalue weighted by Crippen LogP contribution is 2.35. The number of nitrogens with one attached hydrogen (secondary N) is 2. The summed E-state index contributed by atoms with van der Waals surface area (Å²) >= 11 is 0. The van der Waals surface area contributed by atoms with Gasteiger partial charge in [-0.15, -0.1) is 12.4 Å². The van der Waals surface area contributed by atoms with E-state index in [0.29, 0.717) is 5.75 Å². The number of halogens is 1. The number of ether oxygens (including phenoxy) is 2. The van der Waals surface area contributed by atoms with Crippen molar-refractivity contribution in [2.45, 2.75) is 41.4 Å². The molecule has 2 fully saturated rings. The molecule has 1 amide bonds. The Kier molecular flexibility index (Phi) is 7.47. The van der Waals surface area contributed by atoms with E-state index in [1.165, 1.54) is 17.6 Å². The molecule has 27 heavy (non-hydrogen) atoms. The summed E-state index contributed by atoms with van der Waals surface area (Å²) in [5, 5.41) is 12.3. The summed E-state index contributed by atoms with van der Waals surface area (Å²) in [6, 6.07) is 6.12. The van der Waals surface area contributed by atoms with Crippen LogP contribution in [0.15, 0.2) is 29.2 Å². The van der Waals surface area contributed by atoms with Crippen LogP contribution in [0.2, 0.25) is 0 Å². The lowest BCUT2D eigenvalue weighted by Crippen LogP contribution is -2.54. The molecule has 0 spiro atoms. The van der Waals surface area contributed by atoms with Gasteiger partial charge in [0.2, 0.25) is 0 Å². The van der Waals surface area contributed by atoms with E-state index in [1.807, 2.05) is 0 Å². The quantitative estimate of drug-likeness (QED) is 0.482. The maximum atomic E-state index is 13.1. The number of hydrogen-bond donors (Lipinski definition) is 3. The van der Waals surface area contributed by atoms with Crippen molar-refractivity contribution in [3.63, 3.8) is 0 Å². The van der Waals surface area contributed by atoms with Crippen molar-refractivity contribution in [1.29, 1.82) is 0 Å². The molecule has 10 heteroatoms. The molecule has 0 aromatic heterocycles. The molecule has 1 aromatic rings. The van der Waals surface area contributed by atoms with Gasteiger partial charge in [0, 0.05) is 13.2 Å². The van der Waals surface area contributed by atoms with Gasteiger partial charge in [0.15, 0.2) is 14.6 Å². The third-order valence-electron chi connectivity index (χ3n) is 5.05. The van der Waals surface area contributed by atoms with Gasteiger partial charge in [-0.25, -0.2) is 13.9 Å². The molecule has 0 atom stereocenters. The highest BCUT2D eigenvalue weighted by molar-refractivity contribution is 7.93. The number of benzene rings is 1. The molecule has 2 saturated heterocycles. The van der Waals surface area contributed by atoms with Crippen molar-refractivity contribution in [3.05, 3.63) is 24.3 Å². The number of carbonyl (C=O) groups excluding carboxylic acids is 1. The molecular formula is C17H25ClN2O6S. The van der Waals surface area contributed by atoms with Crippen LogP contribution in [0.3, 0.4) is 0 Å². The minimum atomic E-state index is -4.00. The van der Waals surface area contributed by atoms with Crippen LogP contribution in [-0.2, 0) is 19.4 Å². The Morgan fingerprint density at radius 1 is 1.19 bits per heavy atom. The predicted molar refractivity (Wildman–Crippen MR) is 100 cm³/mol. The number of hydrogen-bond acceptors (Lipinski definition) is 7. The van der Waals surface area contributed by atoms with E-state index in [4.69, 9.17) is 14.7 Å². The van der Waals surface area contributed by atoms with Crippen LogP contribution < -0.4 is 15.5 Å². The SMILES string of the molecule is Cl.O=C(NO)C1(S(=O)(=O)c2ccc(OC3CCNCC3)cc2)CCOCC1. The van der Waals surface area contributed by atoms with Crippen LogP contribution in [-0.4, -0.2) is 56.7 Å². The molecule has 152 valence electrons. The normalized spacial score (nSPS) is 20.3. The molecule has 0 radical (unpaired) electrons. The highest BCUT2D eigenvalue weighted by atomic mass is 35.5. The molecule has 2 heterocycles. The first kappa shape index (κ1) is 21.9. The fourth-order valence-electron chi connectivity index (χ4n) is 3.45. The molecule has 1 aromatic carbocycles. The van der Waals surface area contributed by atoms with Crippen molar-refractivity contribution < 1.29 is 27.9 Å². The fraction of sp³-hybridized carbons (Fsp3) is 0.588. The summed E-state index contributed by atoms with van der Waals surface area (Å²) in [7, 11) is -4.00. The number of hydroxylamine groups is 1. The van der Waals surface area contributed by atoms with Crippen molar-refractivity contribution in [3.8, 4) is 5.75 Å². The summed E-state index contributed by atoms with van der Waals surface area (Å²) < 4.78 is 35.6. The molecule has 2 aliphatic heterocycles. The highest BCUT2D eigenvalue weighted by Gasteiger charge is 2.52. The molecule has 0 saturated carbocycles. The third kappa shape index (κ3) is 4.38. The van der Waals surface area contributed by atoms with Crippen molar-refractivity contribution in [2.24, 2.45) is 0 Å². The Balaban J connectivity index is 0.00000261. The van der Waals surface area contributed by atoms with Crippen molar-refractivity contribution >= 4 is 28.2 Å². The van der Waals surface area contributed by atoms with E-state index in [9.17, 15) is 13.2 Å². The zero-order valence-electron chi connectivity index (χ0n) is 14.8. The van der Waals surface area contributed by atoms with Gasteiger partial charge in [0.25, 0.3) is 5.91 Å². The van der Waals surface area contributed by atoms with Gasteiger partial charge in [-0.2, -0.15) is 0 Å². The predicted octanol–water partition coefficient (Wildman–Crippen LogP) is 1.07. The zero-order valence-corrected chi connectivity index (χ0v) is 16.5. The van der Waals surface area contributed by atoms with E-state index in [-0.39, 0.29) is 49.5 Å². The summed E-state index contributed by atoms with van der Waals surface area (Å²) in [4.78, 5) is 12.2. The lowest BCUT2D eigenvalue weighted by Gasteiger charge is -2.34. The molecule has 3 rings (SSSR count). The van der Waals surface area contributed by atoms with Crippen molar-refractivity contribution in [2.75, 3.05) is 26.3 Å². The summed E-state index contributed by atoms with van der Waals surface area (Å²) in [6.07, 6.45) is 1.91. The van der Waals surface area contributed by atoms with E-state index in [1.54, 1.807) is 12.1 Å². The van der Waals surface area contributed by atoms with Crippen molar-refractivity contribution in [1.82, 2.24) is 10.8 Å². The van der Waals surface area contributed by atoms with Gasteiger partial charge >= 0.3 is 0 Å². The van der Waals surface area contributed by atoms with Gasteiger partial charge in [0.1, 0.15) is 11.9 Å². The topological polar surface area (TPSA) is 114 Å². The average Bonchev–Trinajstić information content (AvgIpc) is 2.69. The summed E-state index contributed by atoms with van der Waals surface area (Å²) in [6.45, 7) is 2.09. The average molecular weight is 421 g/mol. The second-order valence-electron chi connectivity index (χ2n) is 6.59. The van der Waals surface area contributed by atoms with Gasteiger partial charge in [-0.3, -0.25) is 10.0 Å². The van der Waals surface area contributed by atoms with Crippen LogP contribution in [0.25, 0.3) is 0 Å². The molecule has 0 unspecified atom stereocenters. The van der Waals surface area contributed by atoms with E-state index in [2.05, 4.69) is 5.32 Å². The fourth-order valence-corrected chi connectivity index (χ4v) is 5.39. The van der Waals surface area contributed by atoms with E-state index >= 15 is 0 Å². The standard InChI is InChI=1S/C17H24N2O6S.ClH/c20-16(19-21)17(7-11-24-12-8-17)26(22,23)15-3-1-13(2-4-15)25-14-5-9-18-10-6-14;/h1-4,14,18,21H,5-12H2,(H,19,20);1H. The monoisotopic (exact) mass is 420 g/mol. The second kappa shape index (κ2) is 9.20. The zero-order chi connectivity index (χ0) is 18.6. The summed E-state index contributed by atoms with van der Waals surface area (Å²) in [5.74, 6) is -0.320. The Morgan fingerprint density at radius 3 is 2.33 bits per heavy atom. The Morgan fingerprint density at radius 2 is 1.78 bits per heavy atom. The number of rotatable bonds is 5. The molecule has 3 N–H and O–H groups in total. The van der Waals surface area contributed by atoms with Gasteiger partial charge in [0.05, 0.1) is 4.90 Å². The number of carbonyl (C=O) groups is 1. The van der Waals surface area contributed by atoms with E-state index in [0.717, 1.165) is 25.9 Å². The minimum absolute atomic E-state index is 0. The third-order valence-corrected chi connectivity index (χ3v) is 7.57. The Bertz CT molecular complexity index is 728. The maximum absolute atomic E-state index is 13.1. The molecule has 0 bridgehead atoms. The first-order valence-electron chi connectivity index (χ1n) is 8.74. The molecule has 2 aliphatic rings. The largest absolute Gasteiger partial charge is 0.490 e. The summed E-state index contributed by atoms with van der Waals surface area (Å²) in [5.41, 5.74) is 1.51. The van der Waals surface area contributed by atoms with Gasteiger partial charge < -0.3 is 14.8 Å². The number of amides is 1. The first-order valence-corrected chi connectivity index (χ1v) is 10.2. The van der Waals surface area contributed by atoms with E-state index < -0.39 is 20.5 Å². The Labute approximate surface area is 164 Å². The second-order valence-corrected chi connectivity index (χ2v) is 8.85. The molecular weight excluding hydrogens is 396 g/mol. The maximum Gasteiger partial charge on any atom is 0.265 e. The van der Waals surface area contributed by atoms with Crippen LogP contribution in [0.5, 0.6) is 5.75 Å². The molecule has 0 aliphatic carbocycles. The lowest BCUT2D eigenvalue weighted by atomic mass is 9.98. The number of sulfone groups is 1. The van der Waals surface area contributed by atoms with Crippen LogP contribution in [0, 0.1) is 0 Å². The lowest BCUT2D eigenvalue weighted by molar-refractivity contribution is -0.134. The van der Waals surface area contributed by atoms with Gasteiger partial charge in [-0.05, 0) is 63.0 Å². The smallest absolute Gasteiger partial charge is 0.265 e. The van der Waals surface area contributed by atoms with Crippen LogP contribution in [0.1, 0.15) is 25.7 Å². The Hall–Kier alpha value is -1.39. The number of piperidine rings is 1. The van der Waals surface area contributed by atoms with Gasteiger partial charge in [-0.1, -0.05) is 0 Å². The first-order chi connectivity index (χ1) is 12.5. The van der Waals surface area contributed by atoms with Crippen LogP contribution in [0.4, 0.5) is 0 Å². The van der Waals surface area contributed by atoms with Crippen LogP contribution >= 0.6 is 12.4 Å². The minimum Gasteiger partial charge on any atom is -0.490 e.